The summed E-state index contributed by atoms with van der Waals surface area (Å²) < 4.78 is 14.5. The van der Waals surface area contributed by atoms with Gasteiger partial charge in [0.05, 0.1) is 5.69 Å². The number of rotatable bonds is 3. The molecule has 0 saturated carbocycles. The maximum absolute atomic E-state index is 13.2. The fourth-order valence-corrected chi connectivity index (χ4v) is 2.82. The molecule has 0 bridgehead atoms. The first kappa shape index (κ1) is 16.6. The van der Waals surface area contributed by atoms with Gasteiger partial charge >= 0.3 is 5.69 Å². The molecule has 0 aliphatic rings. The van der Waals surface area contributed by atoms with Crippen molar-refractivity contribution in [2.24, 2.45) is 5.73 Å². The number of fused-ring (bicyclic) bond motifs is 1. The maximum atomic E-state index is 13.2. The van der Waals surface area contributed by atoms with Crippen LogP contribution in [-0.4, -0.2) is 25.4 Å². The molecule has 134 valence electrons. The molecule has 0 aliphatic carbocycles. The molecule has 4 rings (SSSR count). The van der Waals surface area contributed by atoms with Gasteiger partial charge in [-0.2, -0.15) is 0 Å². The Labute approximate surface area is 152 Å². The van der Waals surface area contributed by atoms with E-state index >= 15 is 0 Å². The average molecular weight is 363 g/mol. The summed E-state index contributed by atoms with van der Waals surface area (Å²) in [6.07, 6.45) is 0. The van der Waals surface area contributed by atoms with Crippen molar-refractivity contribution in [2.75, 3.05) is 0 Å². The highest BCUT2D eigenvalue weighted by Gasteiger charge is 2.20. The number of carbonyl (C=O) groups is 1. The minimum Gasteiger partial charge on any atom is -0.364 e. The lowest BCUT2D eigenvalue weighted by atomic mass is 10.1. The molecular formula is C19H14FN5O2. The molecule has 27 heavy (non-hydrogen) atoms. The van der Waals surface area contributed by atoms with Crippen LogP contribution in [0.3, 0.4) is 0 Å². The number of halogens is 1. The topological polar surface area (TPSA) is 107 Å². The second-order valence-electron chi connectivity index (χ2n) is 6.07. The molecule has 1 amide bonds. The Kier molecular flexibility index (Phi) is 3.80. The lowest BCUT2D eigenvalue weighted by Crippen LogP contribution is -2.15. The Hall–Kier alpha value is -3.81. The molecular weight excluding hydrogens is 349 g/mol. The van der Waals surface area contributed by atoms with Crippen molar-refractivity contribution >= 4 is 17.1 Å². The van der Waals surface area contributed by atoms with Crippen LogP contribution in [0, 0.1) is 12.7 Å². The van der Waals surface area contributed by atoms with Gasteiger partial charge in [0.15, 0.2) is 17.2 Å². The van der Waals surface area contributed by atoms with Crippen molar-refractivity contribution in [3.05, 3.63) is 76.1 Å². The van der Waals surface area contributed by atoms with E-state index in [1.807, 2.05) is 31.2 Å². The molecule has 0 saturated heterocycles. The third-order valence-corrected chi connectivity index (χ3v) is 4.16. The van der Waals surface area contributed by atoms with Crippen LogP contribution >= 0.6 is 0 Å². The quantitative estimate of drug-likeness (QED) is 0.582. The largest absolute Gasteiger partial charge is 0.364 e. The smallest absolute Gasteiger partial charge is 0.332 e. The summed E-state index contributed by atoms with van der Waals surface area (Å²) in [6, 6.07) is 12.8. The molecule has 0 aliphatic heterocycles. The molecule has 0 radical (unpaired) electrons. The van der Waals surface area contributed by atoms with Crippen LogP contribution in [0.25, 0.3) is 28.2 Å². The molecule has 0 spiro atoms. The van der Waals surface area contributed by atoms with Crippen molar-refractivity contribution in [3.8, 4) is 17.1 Å². The summed E-state index contributed by atoms with van der Waals surface area (Å²) in [7, 11) is 0. The number of benzene rings is 2. The Morgan fingerprint density at radius 2 is 1.74 bits per heavy atom. The monoisotopic (exact) mass is 363 g/mol. The van der Waals surface area contributed by atoms with Crippen LogP contribution in [0.2, 0.25) is 0 Å². The van der Waals surface area contributed by atoms with E-state index in [1.54, 1.807) is 0 Å². The van der Waals surface area contributed by atoms with Gasteiger partial charge in [-0.1, -0.05) is 29.8 Å². The van der Waals surface area contributed by atoms with Crippen molar-refractivity contribution < 1.29 is 9.18 Å². The first-order chi connectivity index (χ1) is 12.9. The number of aryl methyl sites for hydroxylation is 1. The van der Waals surface area contributed by atoms with Gasteiger partial charge in [0.1, 0.15) is 11.3 Å². The number of imidazole rings is 1. The minimum atomic E-state index is -0.789. The van der Waals surface area contributed by atoms with Gasteiger partial charge in [0.2, 0.25) is 0 Å². The van der Waals surface area contributed by atoms with Crippen molar-refractivity contribution in [3.63, 3.8) is 0 Å². The molecule has 2 heterocycles. The number of H-pyrrole nitrogens is 1. The number of aromatic amines is 1. The zero-order chi connectivity index (χ0) is 19.1. The maximum Gasteiger partial charge on any atom is 0.332 e. The van der Waals surface area contributed by atoms with Gasteiger partial charge < -0.3 is 10.7 Å². The summed E-state index contributed by atoms with van der Waals surface area (Å²) in [5, 5.41) is 0. The van der Waals surface area contributed by atoms with E-state index in [2.05, 4.69) is 15.0 Å². The third kappa shape index (κ3) is 2.86. The predicted molar refractivity (Wildman–Crippen MR) is 98.1 cm³/mol. The van der Waals surface area contributed by atoms with Gasteiger partial charge in [-0.25, -0.2) is 23.7 Å². The van der Waals surface area contributed by atoms with Crippen LogP contribution < -0.4 is 11.4 Å². The standard InChI is InChI=1S/C19H14FN5O2/c1-10-2-4-11(5-3-10)17-22-14(16(21)26)15-18(24-17)25(19(27)23-15)13-8-6-12(20)7-9-13/h2-9H,1H3,(H2,21,26)(H,23,27). The third-order valence-electron chi connectivity index (χ3n) is 4.16. The Bertz CT molecular complexity index is 1220. The van der Waals surface area contributed by atoms with Crippen molar-refractivity contribution in [1.29, 1.82) is 0 Å². The van der Waals surface area contributed by atoms with Gasteiger partial charge in [0.25, 0.3) is 5.91 Å². The molecule has 0 unspecified atom stereocenters. The number of nitrogens with zero attached hydrogens (tertiary/aromatic N) is 3. The van der Waals surface area contributed by atoms with E-state index in [9.17, 15) is 14.0 Å². The summed E-state index contributed by atoms with van der Waals surface area (Å²) >= 11 is 0. The highest BCUT2D eigenvalue weighted by atomic mass is 19.1. The number of hydrogen-bond acceptors (Lipinski definition) is 4. The van der Waals surface area contributed by atoms with Gasteiger partial charge in [0, 0.05) is 5.56 Å². The van der Waals surface area contributed by atoms with Crippen molar-refractivity contribution in [2.45, 2.75) is 6.92 Å². The normalized spacial score (nSPS) is 11.0. The summed E-state index contributed by atoms with van der Waals surface area (Å²) in [5.74, 6) is -0.964. The van der Waals surface area contributed by atoms with Gasteiger partial charge in [-0.3, -0.25) is 4.79 Å². The molecule has 4 aromatic rings. The van der Waals surface area contributed by atoms with Crippen molar-refractivity contribution in [1.82, 2.24) is 19.5 Å². The summed E-state index contributed by atoms with van der Waals surface area (Å²) in [4.78, 5) is 35.6. The van der Waals surface area contributed by atoms with Crippen LogP contribution in [0.4, 0.5) is 4.39 Å². The second kappa shape index (κ2) is 6.17. The van der Waals surface area contributed by atoms with Crippen LogP contribution in [0.1, 0.15) is 16.1 Å². The highest BCUT2D eigenvalue weighted by Crippen LogP contribution is 2.22. The van der Waals surface area contributed by atoms with Crippen LogP contribution in [-0.2, 0) is 0 Å². The molecule has 2 aromatic heterocycles. The Morgan fingerprint density at radius 1 is 1.07 bits per heavy atom. The number of aromatic nitrogens is 4. The molecule has 0 atom stereocenters. The number of hydrogen-bond donors (Lipinski definition) is 2. The fourth-order valence-electron chi connectivity index (χ4n) is 2.82. The van der Waals surface area contributed by atoms with Gasteiger partial charge in [-0.05, 0) is 31.2 Å². The van der Waals surface area contributed by atoms with E-state index in [4.69, 9.17) is 5.73 Å². The van der Waals surface area contributed by atoms with Crippen LogP contribution in [0.15, 0.2) is 53.3 Å². The number of carbonyl (C=O) groups excluding carboxylic acids is 1. The Morgan fingerprint density at radius 3 is 2.37 bits per heavy atom. The number of primary amides is 1. The molecule has 3 N–H and O–H groups in total. The second-order valence-corrected chi connectivity index (χ2v) is 6.07. The molecule has 8 heteroatoms. The zero-order valence-corrected chi connectivity index (χ0v) is 14.2. The Balaban J connectivity index is 2.04. The number of nitrogens with two attached hydrogens (primary N) is 1. The zero-order valence-electron chi connectivity index (χ0n) is 14.2. The molecule has 0 fully saturated rings. The predicted octanol–water partition coefficient (Wildman–Crippen LogP) is 2.32. The van der Waals surface area contributed by atoms with Crippen LogP contribution in [0.5, 0.6) is 0 Å². The first-order valence-electron chi connectivity index (χ1n) is 8.09. The summed E-state index contributed by atoms with van der Waals surface area (Å²) in [6.45, 7) is 1.95. The summed E-state index contributed by atoms with van der Waals surface area (Å²) in [5.41, 5.74) is 7.28. The van der Waals surface area contributed by atoms with E-state index in [0.29, 0.717) is 11.3 Å². The number of amides is 1. The lowest BCUT2D eigenvalue weighted by Gasteiger charge is -2.07. The van der Waals surface area contributed by atoms with Gasteiger partial charge in [-0.15, -0.1) is 0 Å². The fraction of sp³-hybridized carbons (Fsp3) is 0.0526. The van der Waals surface area contributed by atoms with E-state index in [1.165, 1.54) is 28.8 Å². The first-order valence-corrected chi connectivity index (χ1v) is 8.09. The van der Waals surface area contributed by atoms with E-state index in [0.717, 1.165) is 5.56 Å². The average Bonchev–Trinajstić information content (AvgIpc) is 2.98. The number of nitrogens with one attached hydrogen (secondary N) is 1. The SMILES string of the molecule is Cc1ccc(-c2nc(C(N)=O)c3[nH]c(=O)n(-c4ccc(F)cc4)c3n2)cc1. The lowest BCUT2D eigenvalue weighted by molar-refractivity contribution is 0.0997. The molecule has 7 nitrogen and oxygen atoms in total. The highest BCUT2D eigenvalue weighted by molar-refractivity contribution is 6.02. The van der Waals surface area contributed by atoms with E-state index < -0.39 is 17.4 Å². The minimum absolute atomic E-state index is 0.0893. The molecule has 2 aromatic carbocycles. The van der Waals surface area contributed by atoms with E-state index in [-0.39, 0.29) is 22.7 Å².